The van der Waals surface area contributed by atoms with Gasteiger partial charge in [0, 0.05) is 11.3 Å². The van der Waals surface area contributed by atoms with Crippen LogP contribution in [-0.2, 0) is 14.8 Å². The molecule has 0 aromatic heterocycles. The van der Waals surface area contributed by atoms with Gasteiger partial charge in [-0.2, -0.15) is 0 Å². The standard InChI is InChI=1S/C24H25N3O5S/c1-16-7-11-20(12-8-16)27-33(30,31)22-14-19(10-9-18(22)3)24(29)26-25-23(28)15-32-21-6-4-5-17(2)13-21/h4-14,27H,15H2,1-3H3,(H,25,28)(H,26,29). The van der Waals surface area contributed by atoms with Gasteiger partial charge in [0.1, 0.15) is 5.75 Å². The minimum atomic E-state index is -3.92. The van der Waals surface area contributed by atoms with Gasteiger partial charge in [0.15, 0.2) is 6.61 Å². The molecule has 0 bridgehead atoms. The molecule has 3 aromatic carbocycles. The van der Waals surface area contributed by atoms with Gasteiger partial charge < -0.3 is 4.74 Å². The van der Waals surface area contributed by atoms with E-state index in [1.54, 1.807) is 49.4 Å². The highest BCUT2D eigenvalue weighted by atomic mass is 32.2. The van der Waals surface area contributed by atoms with E-state index < -0.39 is 21.8 Å². The van der Waals surface area contributed by atoms with Gasteiger partial charge in [0.05, 0.1) is 4.90 Å². The predicted octanol–water partition coefficient (Wildman–Crippen LogP) is 3.25. The number of carbonyl (C=O) groups excluding carboxylic acids is 2. The fourth-order valence-electron chi connectivity index (χ4n) is 2.95. The maximum absolute atomic E-state index is 12.9. The Kier molecular flexibility index (Phi) is 7.34. The molecule has 2 amide bonds. The number of aryl methyl sites for hydroxylation is 3. The molecule has 0 aliphatic rings. The average Bonchev–Trinajstić information content (AvgIpc) is 2.77. The maximum atomic E-state index is 12.9. The molecule has 0 radical (unpaired) electrons. The van der Waals surface area contributed by atoms with Gasteiger partial charge in [-0.25, -0.2) is 8.42 Å². The number of hydrazine groups is 1. The summed E-state index contributed by atoms with van der Waals surface area (Å²) in [6, 6.07) is 18.4. The molecule has 0 heterocycles. The predicted molar refractivity (Wildman–Crippen MR) is 125 cm³/mol. The molecule has 0 atom stereocenters. The third-order valence-corrected chi connectivity index (χ3v) is 6.24. The van der Waals surface area contributed by atoms with E-state index in [1.807, 2.05) is 19.9 Å². The van der Waals surface area contributed by atoms with Gasteiger partial charge in [-0.05, 0) is 68.3 Å². The zero-order valence-corrected chi connectivity index (χ0v) is 19.3. The van der Waals surface area contributed by atoms with Gasteiger partial charge in [-0.1, -0.05) is 35.9 Å². The molecule has 0 unspecified atom stereocenters. The molecule has 0 spiro atoms. The highest BCUT2D eigenvalue weighted by Crippen LogP contribution is 2.21. The summed E-state index contributed by atoms with van der Waals surface area (Å²) in [7, 11) is -3.92. The van der Waals surface area contributed by atoms with Crippen molar-refractivity contribution in [1.29, 1.82) is 0 Å². The van der Waals surface area contributed by atoms with E-state index in [4.69, 9.17) is 4.74 Å². The molecule has 0 saturated heterocycles. The number of amides is 2. The average molecular weight is 468 g/mol. The van der Waals surface area contributed by atoms with Crippen LogP contribution in [0.4, 0.5) is 5.69 Å². The summed E-state index contributed by atoms with van der Waals surface area (Å²) in [5.41, 5.74) is 7.47. The summed E-state index contributed by atoms with van der Waals surface area (Å²) in [6.45, 7) is 5.14. The van der Waals surface area contributed by atoms with Gasteiger partial charge in [0.25, 0.3) is 21.8 Å². The van der Waals surface area contributed by atoms with Crippen molar-refractivity contribution in [3.63, 3.8) is 0 Å². The van der Waals surface area contributed by atoms with Gasteiger partial charge in [-0.3, -0.25) is 25.2 Å². The van der Waals surface area contributed by atoms with E-state index in [0.717, 1.165) is 11.1 Å². The maximum Gasteiger partial charge on any atom is 0.276 e. The number of benzene rings is 3. The summed E-state index contributed by atoms with van der Waals surface area (Å²) in [5, 5.41) is 0. The van der Waals surface area contributed by atoms with E-state index in [-0.39, 0.29) is 17.1 Å². The van der Waals surface area contributed by atoms with Crippen LogP contribution in [0.15, 0.2) is 71.6 Å². The Balaban J connectivity index is 1.63. The first-order valence-electron chi connectivity index (χ1n) is 10.1. The van der Waals surface area contributed by atoms with Crippen LogP contribution in [0.3, 0.4) is 0 Å². The van der Waals surface area contributed by atoms with Crippen LogP contribution < -0.4 is 20.3 Å². The summed E-state index contributed by atoms with van der Waals surface area (Å²) >= 11 is 0. The first-order valence-corrected chi connectivity index (χ1v) is 11.6. The summed E-state index contributed by atoms with van der Waals surface area (Å²) in [6.07, 6.45) is 0. The zero-order chi connectivity index (χ0) is 24.0. The number of rotatable bonds is 7. The number of anilines is 1. The molecule has 3 N–H and O–H groups in total. The van der Waals surface area contributed by atoms with Crippen molar-refractivity contribution < 1.29 is 22.7 Å². The van der Waals surface area contributed by atoms with Crippen molar-refractivity contribution in [2.75, 3.05) is 11.3 Å². The van der Waals surface area contributed by atoms with Gasteiger partial charge >= 0.3 is 0 Å². The third-order valence-electron chi connectivity index (χ3n) is 4.72. The summed E-state index contributed by atoms with van der Waals surface area (Å²) < 4.78 is 33.6. The van der Waals surface area contributed by atoms with E-state index in [9.17, 15) is 18.0 Å². The van der Waals surface area contributed by atoms with Crippen LogP contribution in [0.5, 0.6) is 5.75 Å². The molecule has 8 nitrogen and oxygen atoms in total. The molecule has 0 aliphatic heterocycles. The van der Waals surface area contributed by atoms with Crippen molar-refractivity contribution in [2.24, 2.45) is 0 Å². The topological polar surface area (TPSA) is 114 Å². The molecular formula is C24H25N3O5S. The molecule has 9 heteroatoms. The Bertz CT molecular complexity index is 1270. The lowest BCUT2D eigenvalue weighted by Crippen LogP contribution is -2.43. The lowest BCUT2D eigenvalue weighted by molar-refractivity contribution is -0.123. The van der Waals surface area contributed by atoms with Gasteiger partial charge in [0.2, 0.25) is 0 Å². The quantitative estimate of drug-likeness (QED) is 0.462. The number of ether oxygens (including phenoxy) is 1. The normalized spacial score (nSPS) is 10.9. The van der Waals surface area contributed by atoms with Crippen molar-refractivity contribution in [3.05, 3.63) is 89.0 Å². The summed E-state index contributed by atoms with van der Waals surface area (Å²) in [4.78, 5) is 24.4. The minimum absolute atomic E-state index is 0.0372. The zero-order valence-electron chi connectivity index (χ0n) is 18.5. The lowest BCUT2D eigenvalue weighted by atomic mass is 10.1. The number of hydrogen-bond acceptors (Lipinski definition) is 5. The van der Waals surface area contributed by atoms with E-state index in [0.29, 0.717) is 17.0 Å². The van der Waals surface area contributed by atoms with Crippen LogP contribution in [0.25, 0.3) is 0 Å². The molecule has 0 aliphatic carbocycles. The SMILES string of the molecule is Cc1ccc(NS(=O)(=O)c2cc(C(=O)NNC(=O)COc3cccc(C)c3)ccc2C)cc1. The second-order valence-corrected chi connectivity index (χ2v) is 9.21. The molecule has 0 fully saturated rings. The minimum Gasteiger partial charge on any atom is -0.484 e. The largest absolute Gasteiger partial charge is 0.484 e. The first kappa shape index (κ1) is 23.8. The highest BCUT2D eigenvalue weighted by Gasteiger charge is 2.19. The van der Waals surface area contributed by atoms with Crippen molar-refractivity contribution in [2.45, 2.75) is 25.7 Å². The van der Waals surface area contributed by atoms with Crippen LogP contribution in [0, 0.1) is 20.8 Å². The molecular weight excluding hydrogens is 442 g/mol. The van der Waals surface area contributed by atoms with Crippen molar-refractivity contribution >= 4 is 27.5 Å². The van der Waals surface area contributed by atoms with Gasteiger partial charge in [-0.15, -0.1) is 0 Å². The van der Waals surface area contributed by atoms with E-state index >= 15 is 0 Å². The molecule has 0 saturated carbocycles. The Hall–Kier alpha value is -3.85. The molecule has 3 aromatic rings. The van der Waals surface area contributed by atoms with Crippen LogP contribution in [-0.4, -0.2) is 26.8 Å². The molecule has 33 heavy (non-hydrogen) atoms. The fraction of sp³-hybridized carbons (Fsp3) is 0.167. The van der Waals surface area contributed by atoms with Crippen LogP contribution in [0.1, 0.15) is 27.0 Å². The number of carbonyl (C=O) groups is 2. The highest BCUT2D eigenvalue weighted by molar-refractivity contribution is 7.92. The van der Waals surface area contributed by atoms with Crippen molar-refractivity contribution in [1.82, 2.24) is 10.9 Å². The van der Waals surface area contributed by atoms with Crippen LogP contribution >= 0.6 is 0 Å². The Morgan fingerprint density at radius 3 is 2.27 bits per heavy atom. The van der Waals surface area contributed by atoms with E-state index in [2.05, 4.69) is 15.6 Å². The monoisotopic (exact) mass is 467 g/mol. The van der Waals surface area contributed by atoms with Crippen molar-refractivity contribution in [3.8, 4) is 5.75 Å². The summed E-state index contributed by atoms with van der Waals surface area (Å²) in [5.74, 6) is -0.692. The Morgan fingerprint density at radius 2 is 1.58 bits per heavy atom. The van der Waals surface area contributed by atoms with Crippen LogP contribution in [0.2, 0.25) is 0 Å². The fourth-order valence-corrected chi connectivity index (χ4v) is 4.28. The third kappa shape index (κ3) is 6.56. The first-order chi connectivity index (χ1) is 15.6. The van der Waals surface area contributed by atoms with E-state index in [1.165, 1.54) is 18.2 Å². The number of hydrogen-bond donors (Lipinski definition) is 3. The second kappa shape index (κ2) is 10.2. The number of sulfonamides is 1. The smallest absolute Gasteiger partial charge is 0.276 e. The molecule has 3 rings (SSSR count). The Morgan fingerprint density at radius 1 is 0.848 bits per heavy atom. The second-order valence-electron chi connectivity index (χ2n) is 7.56. The Labute approximate surface area is 193 Å². The lowest BCUT2D eigenvalue weighted by Gasteiger charge is -2.13. The molecule has 172 valence electrons. The number of nitrogens with one attached hydrogen (secondary N) is 3.